The van der Waals surface area contributed by atoms with Gasteiger partial charge in [0.1, 0.15) is 0 Å². The summed E-state index contributed by atoms with van der Waals surface area (Å²) in [4.78, 5) is 12.8. The minimum atomic E-state index is 0.106. The summed E-state index contributed by atoms with van der Waals surface area (Å²) >= 11 is 8.83. The van der Waals surface area contributed by atoms with Crippen molar-refractivity contribution in [2.45, 2.75) is 31.2 Å². The van der Waals surface area contributed by atoms with Gasteiger partial charge in [0.15, 0.2) is 10.1 Å². The number of nitrogens with one attached hydrogen (secondary N) is 1. The number of aromatic nitrogens is 3. The smallest absolute Gasteiger partial charge is 0.206 e. The molecule has 0 amide bonds. The van der Waals surface area contributed by atoms with Crippen LogP contribution >= 0.6 is 34.7 Å². The lowest BCUT2D eigenvalue weighted by Crippen LogP contribution is -2.08. The number of methoxy groups -OCH3 is 1. The van der Waals surface area contributed by atoms with Gasteiger partial charge in [-0.3, -0.25) is 4.79 Å². The van der Waals surface area contributed by atoms with Gasteiger partial charge in [-0.05, 0) is 44.0 Å². The van der Waals surface area contributed by atoms with Gasteiger partial charge in [-0.15, -0.1) is 10.2 Å². The zero-order valence-electron chi connectivity index (χ0n) is 17.3. The molecule has 2 heterocycles. The standard InChI is InChI=1S/C21H25ClN4O2S2/c1-14-12-18(15(2)26(14)10-8-16-4-6-17(22)7-5-16)19(27)13-29-21-25-24-20(30-21)23-9-11-28-3/h4-7,12H,8-11,13H2,1-3H3,(H,23,24). The van der Waals surface area contributed by atoms with E-state index in [1.807, 2.05) is 44.2 Å². The van der Waals surface area contributed by atoms with E-state index in [0.717, 1.165) is 44.4 Å². The highest BCUT2D eigenvalue weighted by Gasteiger charge is 2.17. The fourth-order valence-corrected chi connectivity index (χ4v) is 4.91. The Morgan fingerprint density at radius 3 is 2.77 bits per heavy atom. The normalized spacial score (nSPS) is 11.1. The predicted octanol–water partition coefficient (Wildman–Crippen LogP) is 4.89. The van der Waals surface area contributed by atoms with Crippen LogP contribution in [0.5, 0.6) is 0 Å². The van der Waals surface area contributed by atoms with Gasteiger partial charge < -0.3 is 14.6 Å². The Kier molecular flexibility index (Phi) is 8.32. The predicted molar refractivity (Wildman–Crippen MR) is 124 cm³/mol. The van der Waals surface area contributed by atoms with E-state index in [4.69, 9.17) is 16.3 Å². The van der Waals surface area contributed by atoms with Gasteiger partial charge >= 0.3 is 0 Å². The Balaban J connectivity index is 1.57. The second kappa shape index (κ2) is 10.9. The van der Waals surface area contributed by atoms with Crippen molar-refractivity contribution in [2.24, 2.45) is 0 Å². The quantitative estimate of drug-likeness (QED) is 0.247. The Bertz CT molecular complexity index is 986. The first-order chi connectivity index (χ1) is 14.5. The summed E-state index contributed by atoms with van der Waals surface area (Å²) in [5.74, 6) is 0.448. The Hall–Kier alpha value is -1.87. The molecule has 6 nitrogen and oxygen atoms in total. The Morgan fingerprint density at radius 1 is 1.27 bits per heavy atom. The van der Waals surface area contributed by atoms with Crippen molar-refractivity contribution in [3.05, 3.63) is 57.9 Å². The number of halogens is 1. The number of benzene rings is 1. The van der Waals surface area contributed by atoms with Crippen molar-refractivity contribution in [3.63, 3.8) is 0 Å². The number of hydrogen-bond acceptors (Lipinski definition) is 7. The zero-order chi connectivity index (χ0) is 21.5. The number of carbonyl (C=O) groups excluding carboxylic acids is 1. The van der Waals surface area contributed by atoms with Gasteiger partial charge in [-0.1, -0.05) is 46.8 Å². The molecule has 2 aromatic heterocycles. The zero-order valence-corrected chi connectivity index (χ0v) is 19.7. The summed E-state index contributed by atoms with van der Waals surface area (Å²) in [6.07, 6.45) is 0.888. The van der Waals surface area contributed by atoms with Crippen LogP contribution in [-0.2, 0) is 17.7 Å². The second-order valence-corrected chi connectivity index (χ2v) is 9.45. The van der Waals surface area contributed by atoms with Crippen LogP contribution in [0.3, 0.4) is 0 Å². The molecule has 1 aromatic carbocycles. The number of hydrogen-bond donors (Lipinski definition) is 1. The Labute approximate surface area is 190 Å². The van der Waals surface area contributed by atoms with Crippen molar-refractivity contribution < 1.29 is 9.53 Å². The molecule has 0 saturated carbocycles. The van der Waals surface area contributed by atoms with Crippen molar-refractivity contribution in [1.82, 2.24) is 14.8 Å². The highest BCUT2D eigenvalue weighted by atomic mass is 35.5. The fourth-order valence-electron chi connectivity index (χ4n) is 3.12. The van der Waals surface area contributed by atoms with E-state index in [2.05, 4.69) is 20.1 Å². The topological polar surface area (TPSA) is 69.0 Å². The van der Waals surface area contributed by atoms with Gasteiger partial charge in [-0.25, -0.2) is 0 Å². The van der Waals surface area contributed by atoms with Crippen LogP contribution in [0.4, 0.5) is 5.13 Å². The maximum Gasteiger partial charge on any atom is 0.206 e. The summed E-state index contributed by atoms with van der Waals surface area (Å²) in [5, 5.41) is 12.9. The summed E-state index contributed by atoms with van der Waals surface area (Å²) < 4.78 is 7.99. The number of aryl methyl sites for hydroxylation is 2. The van der Waals surface area contributed by atoms with Crippen LogP contribution in [0, 0.1) is 13.8 Å². The van der Waals surface area contributed by atoms with Gasteiger partial charge in [0.2, 0.25) is 5.13 Å². The lowest BCUT2D eigenvalue weighted by Gasteiger charge is -2.10. The van der Waals surface area contributed by atoms with Gasteiger partial charge in [0, 0.05) is 42.2 Å². The maximum absolute atomic E-state index is 12.8. The Morgan fingerprint density at radius 2 is 2.03 bits per heavy atom. The number of Topliss-reactive ketones (excluding diaryl/α,β-unsaturated/α-hetero) is 1. The lowest BCUT2D eigenvalue weighted by molar-refractivity contribution is 0.102. The molecule has 9 heteroatoms. The van der Waals surface area contributed by atoms with Crippen molar-refractivity contribution >= 4 is 45.6 Å². The highest BCUT2D eigenvalue weighted by molar-refractivity contribution is 8.01. The minimum Gasteiger partial charge on any atom is -0.383 e. The van der Waals surface area contributed by atoms with E-state index < -0.39 is 0 Å². The molecular formula is C21H25ClN4O2S2. The SMILES string of the molecule is COCCNc1nnc(SCC(=O)c2cc(C)n(CCc3ccc(Cl)cc3)c2C)s1. The number of ketones is 1. The van der Waals surface area contributed by atoms with E-state index in [-0.39, 0.29) is 5.78 Å². The average Bonchev–Trinajstić information content (AvgIpc) is 3.30. The molecule has 0 fully saturated rings. The summed E-state index contributed by atoms with van der Waals surface area (Å²) in [7, 11) is 1.66. The van der Waals surface area contributed by atoms with Crippen LogP contribution in [0.1, 0.15) is 27.3 Å². The van der Waals surface area contributed by atoms with E-state index in [0.29, 0.717) is 18.9 Å². The van der Waals surface area contributed by atoms with Crippen LogP contribution in [-0.4, -0.2) is 46.6 Å². The first-order valence-corrected chi connectivity index (χ1v) is 11.8. The molecule has 0 aliphatic carbocycles. The highest BCUT2D eigenvalue weighted by Crippen LogP contribution is 2.27. The number of carbonyl (C=O) groups is 1. The van der Waals surface area contributed by atoms with Crippen molar-refractivity contribution in [3.8, 4) is 0 Å². The summed E-state index contributed by atoms with van der Waals surface area (Å²) in [6.45, 7) is 6.16. The third kappa shape index (κ3) is 6.07. The third-order valence-electron chi connectivity index (χ3n) is 4.73. The van der Waals surface area contributed by atoms with Crippen molar-refractivity contribution in [1.29, 1.82) is 0 Å². The van der Waals surface area contributed by atoms with E-state index in [1.54, 1.807) is 7.11 Å². The molecular weight excluding hydrogens is 440 g/mol. The molecule has 0 atom stereocenters. The average molecular weight is 465 g/mol. The molecule has 0 aliphatic rings. The van der Waals surface area contributed by atoms with E-state index in [1.165, 1.54) is 28.7 Å². The number of thioether (sulfide) groups is 1. The molecule has 0 spiro atoms. The molecule has 0 bridgehead atoms. The number of nitrogens with zero attached hydrogens (tertiary/aromatic N) is 3. The number of ether oxygens (including phenoxy) is 1. The molecule has 0 unspecified atom stereocenters. The molecule has 1 N–H and O–H groups in total. The van der Waals surface area contributed by atoms with E-state index in [9.17, 15) is 4.79 Å². The van der Waals surface area contributed by atoms with Gasteiger partial charge in [-0.2, -0.15) is 0 Å². The second-order valence-electron chi connectivity index (χ2n) is 6.82. The molecule has 0 radical (unpaired) electrons. The van der Waals surface area contributed by atoms with Crippen LogP contribution in [0.15, 0.2) is 34.7 Å². The van der Waals surface area contributed by atoms with Gasteiger partial charge in [0.25, 0.3) is 0 Å². The van der Waals surface area contributed by atoms with E-state index >= 15 is 0 Å². The molecule has 0 saturated heterocycles. The van der Waals surface area contributed by atoms with Crippen LogP contribution < -0.4 is 5.32 Å². The third-order valence-corrected chi connectivity index (χ3v) is 6.99. The first-order valence-electron chi connectivity index (χ1n) is 9.61. The summed E-state index contributed by atoms with van der Waals surface area (Å²) in [6, 6.07) is 9.88. The minimum absolute atomic E-state index is 0.106. The largest absolute Gasteiger partial charge is 0.383 e. The first kappa shape index (κ1) is 22.8. The molecule has 3 aromatic rings. The maximum atomic E-state index is 12.8. The number of rotatable bonds is 11. The number of anilines is 1. The molecule has 3 rings (SSSR count). The van der Waals surface area contributed by atoms with Crippen LogP contribution in [0.2, 0.25) is 5.02 Å². The summed E-state index contributed by atoms with van der Waals surface area (Å²) in [5.41, 5.74) is 4.10. The van der Waals surface area contributed by atoms with Gasteiger partial charge in [0.05, 0.1) is 12.4 Å². The lowest BCUT2D eigenvalue weighted by atomic mass is 10.1. The molecule has 30 heavy (non-hydrogen) atoms. The molecule has 0 aliphatic heterocycles. The van der Waals surface area contributed by atoms with Crippen LogP contribution in [0.25, 0.3) is 0 Å². The monoisotopic (exact) mass is 464 g/mol. The fraction of sp³-hybridized carbons (Fsp3) is 0.381. The molecule has 160 valence electrons. The van der Waals surface area contributed by atoms with Crippen molar-refractivity contribution in [2.75, 3.05) is 31.3 Å².